The molecule has 1 aliphatic rings. The number of amides is 1. The lowest BCUT2D eigenvalue weighted by atomic mass is 9.86. The van der Waals surface area contributed by atoms with Crippen LogP contribution in [-0.2, 0) is 11.2 Å². The van der Waals surface area contributed by atoms with Crippen molar-refractivity contribution in [2.75, 3.05) is 6.54 Å². The number of nitrogens with zero attached hydrogens (tertiary/aromatic N) is 3. The molecular weight excluding hydrogens is 332 g/mol. The van der Waals surface area contributed by atoms with E-state index in [2.05, 4.69) is 20.8 Å². The summed E-state index contributed by atoms with van der Waals surface area (Å²) in [5.41, 5.74) is 3.11. The monoisotopic (exact) mass is 360 g/mol. The van der Waals surface area contributed by atoms with Crippen molar-refractivity contribution in [3.8, 4) is 5.13 Å². The molecule has 1 saturated carbocycles. The quantitative estimate of drug-likeness (QED) is 0.813. The second-order valence-corrected chi connectivity index (χ2v) is 7.94. The molecule has 1 N–H and O–H groups in total. The van der Waals surface area contributed by atoms with Gasteiger partial charge in [0.15, 0.2) is 0 Å². The molecule has 1 aliphatic carbocycles. The van der Waals surface area contributed by atoms with Gasteiger partial charge in [0.25, 0.3) is 0 Å². The van der Waals surface area contributed by atoms with E-state index in [9.17, 15) is 4.79 Å². The zero-order chi connectivity index (χ0) is 17.6. The molecule has 2 heterocycles. The summed E-state index contributed by atoms with van der Waals surface area (Å²) in [7, 11) is 0. The third-order valence-corrected chi connectivity index (χ3v) is 5.80. The van der Waals surface area contributed by atoms with Gasteiger partial charge in [0.05, 0.1) is 11.4 Å². The van der Waals surface area contributed by atoms with E-state index in [4.69, 9.17) is 0 Å². The van der Waals surface area contributed by atoms with E-state index in [0.29, 0.717) is 13.0 Å². The highest BCUT2D eigenvalue weighted by Gasteiger charge is 2.15. The van der Waals surface area contributed by atoms with E-state index in [-0.39, 0.29) is 5.91 Å². The second kappa shape index (κ2) is 8.61. The third kappa shape index (κ3) is 5.14. The molecule has 5 nitrogen and oxygen atoms in total. The van der Waals surface area contributed by atoms with E-state index in [1.54, 1.807) is 11.3 Å². The van der Waals surface area contributed by atoms with Crippen molar-refractivity contribution in [3.05, 3.63) is 28.5 Å². The van der Waals surface area contributed by atoms with Crippen molar-refractivity contribution in [3.63, 3.8) is 0 Å². The predicted molar refractivity (Wildman–Crippen MR) is 101 cm³/mol. The summed E-state index contributed by atoms with van der Waals surface area (Å²) in [4.78, 5) is 16.6. The van der Waals surface area contributed by atoms with Crippen LogP contribution < -0.4 is 5.32 Å². The third-order valence-electron chi connectivity index (χ3n) is 4.94. The highest BCUT2D eigenvalue weighted by atomic mass is 32.1. The number of carbonyl (C=O) groups excluding carboxylic acids is 1. The molecule has 0 aromatic carbocycles. The topological polar surface area (TPSA) is 59.8 Å². The Labute approximate surface area is 153 Å². The van der Waals surface area contributed by atoms with Gasteiger partial charge in [0, 0.05) is 30.5 Å². The Bertz CT molecular complexity index is 700. The Morgan fingerprint density at radius 1 is 1.32 bits per heavy atom. The second-order valence-electron chi connectivity index (χ2n) is 7.10. The molecule has 1 amide bonds. The van der Waals surface area contributed by atoms with Crippen molar-refractivity contribution in [1.29, 1.82) is 0 Å². The molecule has 6 heteroatoms. The molecule has 136 valence electrons. The summed E-state index contributed by atoms with van der Waals surface area (Å²) in [5, 5.41) is 10.5. The summed E-state index contributed by atoms with van der Waals surface area (Å²) in [6.07, 6.45) is 9.15. The van der Waals surface area contributed by atoms with Gasteiger partial charge in [-0.2, -0.15) is 5.10 Å². The summed E-state index contributed by atoms with van der Waals surface area (Å²) in [6, 6.07) is 2.05. The van der Waals surface area contributed by atoms with Crippen LogP contribution in [0.15, 0.2) is 11.4 Å². The summed E-state index contributed by atoms with van der Waals surface area (Å²) >= 11 is 1.59. The fourth-order valence-corrected chi connectivity index (χ4v) is 4.43. The molecule has 2 aromatic heterocycles. The molecule has 0 spiro atoms. The Morgan fingerprint density at radius 3 is 2.84 bits per heavy atom. The lowest BCUT2D eigenvalue weighted by Crippen LogP contribution is -2.26. The first kappa shape index (κ1) is 18.1. The maximum atomic E-state index is 12.0. The minimum Gasteiger partial charge on any atom is -0.356 e. The number of aryl methyl sites for hydroxylation is 2. The van der Waals surface area contributed by atoms with E-state index in [1.807, 2.05) is 24.6 Å². The zero-order valence-corrected chi connectivity index (χ0v) is 16.1. The molecule has 25 heavy (non-hydrogen) atoms. The van der Waals surface area contributed by atoms with Gasteiger partial charge in [-0.15, -0.1) is 11.3 Å². The first-order valence-electron chi connectivity index (χ1n) is 9.36. The molecule has 0 atom stereocenters. The van der Waals surface area contributed by atoms with Crippen LogP contribution in [0.3, 0.4) is 0 Å². The zero-order valence-electron chi connectivity index (χ0n) is 15.3. The molecule has 0 saturated heterocycles. The normalized spacial score (nSPS) is 15.4. The molecule has 1 fully saturated rings. The number of thiazole rings is 1. The lowest BCUT2D eigenvalue weighted by molar-refractivity contribution is -0.121. The number of carbonyl (C=O) groups is 1. The molecule has 0 aliphatic heterocycles. The molecular formula is C19H28N4OS. The first-order valence-corrected chi connectivity index (χ1v) is 10.2. The van der Waals surface area contributed by atoms with Gasteiger partial charge in [-0.05, 0) is 32.3 Å². The highest BCUT2D eigenvalue weighted by molar-refractivity contribution is 7.12. The Balaban J connectivity index is 1.40. The van der Waals surface area contributed by atoms with Crippen LogP contribution in [0.1, 0.15) is 62.0 Å². The summed E-state index contributed by atoms with van der Waals surface area (Å²) in [5.74, 6) is 0.945. The molecule has 3 rings (SSSR count). The van der Waals surface area contributed by atoms with Crippen molar-refractivity contribution >= 4 is 17.2 Å². The van der Waals surface area contributed by atoms with E-state index in [0.717, 1.165) is 41.0 Å². The van der Waals surface area contributed by atoms with Crippen LogP contribution in [0, 0.1) is 19.8 Å². The van der Waals surface area contributed by atoms with Crippen LogP contribution in [0.4, 0.5) is 0 Å². The maximum absolute atomic E-state index is 12.0. The van der Waals surface area contributed by atoms with Crippen LogP contribution in [0.5, 0.6) is 0 Å². The molecule has 0 bridgehead atoms. The van der Waals surface area contributed by atoms with Crippen LogP contribution >= 0.6 is 11.3 Å². The minimum atomic E-state index is 0.180. The largest absolute Gasteiger partial charge is 0.356 e. The molecule has 0 radical (unpaired) electrons. The van der Waals surface area contributed by atoms with E-state index in [1.165, 1.54) is 32.1 Å². The lowest BCUT2D eigenvalue weighted by Gasteiger charge is -2.20. The van der Waals surface area contributed by atoms with Gasteiger partial charge in [-0.3, -0.25) is 4.79 Å². The van der Waals surface area contributed by atoms with Crippen molar-refractivity contribution < 1.29 is 4.79 Å². The van der Waals surface area contributed by atoms with Gasteiger partial charge in [0.2, 0.25) is 11.0 Å². The average Bonchev–Trinajstić information content (AvgIpc) is 3.20. The summed E-state index contributed by atoms with van der Waals surface area (Å²) in [6.45, 7) is 4.68. The van der Waals surface area contributed by atoms with Crippen molar-refractivity contribution in [2.24, 2.45) is 5.92 Å². The van der Waals surface area contributed by atoms with E-state index >= 15 is 0 Å². The van der Waals surface area contributed by atoms with Gasteiger partial charge in [-0.1, -0.05) is 32.1 Å². The molecule has 0 unspecified atom stereocenters. The van der Waals surface area contributed by atoms with Crippen LogP contribution in [0.2, 0.25) is 0 Å². The predicted octanol–water partition coefficient (Wildman–Crippen LogP) is 3.96. The van der Waals surface area contributed by atoms with Crippen LogP contribution in [0.25, 0.3) is 5.13 Å². The van der Waals surface area contributed by atoms with Crippen molar-refractivity contribution in [2.45, 2.75) is 65.2 Å². The smallest absolute Gasteiger partial charge is 0.220 e. The fourth-order valence-electron chi connectivity index (χ4n) is 3.56. The van der Waals surface area contributed by atoms with Gasteiger partial charge in [0.1, 0.15) is 0 Å². The number of nitrogens with one attached hydrogen (secondary N) is 1. The van der Waals surface area contributed by atoms with Gasteiger partial charge >= 0.3 is 0 Å². The number of hydrogen-bond donors (Lipinski definition) is 1. The van der Waals surface area contributed by atoms with Gasteiger partial charge in [-0.25, -0.2) is 9.67 Å². The Hall–Kier alpha value is -1.69. The minimum absolute atomic E-state index is 0.180. The maximum Gasteiger partial charge on any atom is 0.220 e. The molecule has 2 aromatic rings. The Morgan fingerprint density at radius 2 is 2.12 bits per heavy atom. The first-order chi connectivity index (χ1) is 12.1. The number of aromatic nitrogens is 3. The SMILES string of the molecule is Cc1cc(C)n(-c2nc(CCNC(=O)CCC3CCCCC3)cs2)n1. The van der Waals surface area contributed by atoms with Crippen molar-refractivity contribution in [1.82, 2.24) is 20.1 Å². The fraction of sp³-hybridized carbons (Fsp3) is 0.632. The standard InChI is InChI=1S/C19H28N4OS/c1-14-12-15(2)23(22-14)19-21-17(13-25-19)10-11-20-18(24)9-8-16-6-4-3-5-7-16/h12-13,16H,3-11H2,1-2H3,(H,20,24). The van der Waals surface area contributed by atoms with E-state index < -0.39 is 0 Å². The van der Waals surface area contributed by atoms with Crippen LogP contribution in [-0.4, -0.2) is 27.2 Å². The highest BCUT2D eigenvalue weighted by Crippen LogP contribution is 2.27. The number of rotatable bonds is 7. The average molecular weight is 361 g/mol. The summed E-state index contributed by atoms with van der Waals surface area (Å²) < 4.78 is 1.88. The Kier molecular flexibility index (Phi) is 6.24. The van der Waals surface area contributed by atoms with Gasteiger partial charge < -0.3 is 5.32 Å². The number of hydrogen-bond acceptors (Lipinski definition) is 4.